The second-order valence-electron chi connectivity index (χ2n) is 8.82. The summed E-state index contributed by atoms with van der Waals surface area (Å²) < 4.78 is 18.2. The summed E-state index contributed by atoms with van der Waals surface area (Å²) in [7, 11) is 3.26. The Kier molecular flexibility index (Phi) is 7.96. The Morgan fingerprint density at radius 3 is 2.44 bits per heavy atom. The molecule has 4 aromatic rings. The summed E-state index contributed by atoms with van der Waals surface area (Å²) in [6.45, 7) is 4.79. The first-order valence-electron chi connectivity index (χ1n) is 11.7. The zero-order chi connectivity index (χ0) is 25.8. The van der Waals surface area contributed by atoms with E-state index in [0.717, 1.165) is 32.5 Å². The first kappa shape index (κ1) is 25.7. The van der Waals surface area contributed by atoms with Crippen molar-refractivity contribution in [2.24, 2.45) is 5.73 Å². The first-order valence-corrected chi connectivity index (χ1v) is 12.5. The number of H-pyrrole nitrogens is 1. The molecule has 36 heavy (non-hydrogen) atoms. The Balaban J connectivity index is 1.79. The first-order chi connectivity index (χ1) is 17.3. The number of aromatic amines is 1. The largest absolute Gasteiger partial charge is 0.494 e. The quantitative estimate of drug-likeness (QED) is 0.238. The molecule has 1 unspecified atom stereocenters. The number of nitrogens with one attached hydrogen (secondary N) is 1. The third-order valence-electron chi connectivity index (χ3n) is 6.12. The summed E-state index contributed by atoms with van der Waals surface area (Å²) in [5.41, 5.74) is 10.5. The topological polar surface area (TPSA) is 99.5 Å². The molecule has 1 atom stereocenters. The van der Waals surface area contributed by atoms with Crippen LogP contribution < -0.4 is 15.2 Å². The van der Waals surface area contributed by atoms with Crippen LogP contribution in [0.15, 0.2) is 59.1 Å². The monoisotopic (exact) mass is 551 g/mol. The fourth-order valence-corrected chi connectivity index (χ4v) is 4.77. The number of amides is 1. The molecule has 3 aromatic carbocycles. The molecular weight excluding hydrogens is 522 g/mol. The van der Waals surface area contributed by atoms with Gasteiger partial charge in [0.05, 0.1) is 23.8 Å². The number of imidazole rings is 1. The molecule has 188 valence electrons. The molecule has 0 fully saturated rings. The number of aromatic nitrogens is 2. The standard InChI is InChI=1S/C28H30BrN3O4/c1-16(2)17-9-11-18(12-10-17)28-31-25-23(35-4)15-20(24(29)26(25)32-28)22(13-14-34-3)36-21-8-6-5-7-19(21)27(30)33/h5-12,15-16,22H,13-14H2,1-4H3,(H2,30,33)(H,31,32). The van der Waals surface area contributed by atoms with Crippen LogP contribution in [-0.4, -0.2) is 36.7 Å². The van der Waals surface area contributed by atoms with Crippen molar-refractivity contribution in [2.45, 2.75) is 32.3 Å². The van der Waals surface area contributed by atoms with Gasteiger partial charge in [-0.3, -0.25) is 4.79 Å². The number of halogens is 1. The van der Waals surface area contributed by atoms with Crippen LogP contribution in [0.4, 0.5) is 0 Å². The van der Waals surface area contributed by atoms with Gasteiger partial charge in [-0.05, 0) is 45.6 Å². The molecule has 0 aliphatic heterocycles. The lowest BCUT2D eigenvalue weighted by Crippen LogP contribution is -2.16. The number of primary amides is 1. The van der Waals surface area contributed by atoms with Crippen LogP contribution in [0.2, 0.25) is 0 Å². The van der Waals surface area contributed by atoms with Gasteiger partial charge in [0.2, 0.25) is 0 Å². The Labute approximate surface area is 219 Å². The highest BCUT2D eigenvalue weighted by Gasteiger charge is 2.24. The number of hydrogen-bond donors (Lipinski definition) is 2. The number of benzene rings is 3. The third-order valence-corrected chi connectivity index (χ3v) is 6.96. The van der Waals surface area contributed by atoms with E-state index in [-0.39, 0.29) is 0 Å². The summed E-state index contributed by atoms with van der Waals surface area (Å²) in [6.07, 6.45) is 0.0775. The van der Waals surface area contributed by atoms with E-state index >= 15 is 0 Å². The molecule has 1 amide bonds. The van der Waals surface area contributed by atoms with Crippen molar-refractivity contribution in [3.8, 4) is 22.9 Å². The maximum atomic E-state index is 12.0. The van der Waals surface area contributed by atoms with E-state index in [1.54, 1.807) is 38.5 Å². The van der Waals surface area contributed by atoms with E-state index in [2.05, 4.69) is 59.0 Å². The normalized spacial score (nSPS) is 12.2. The van der Waals surface area contributed by atoms with Gasteiger partial charge in [-0.25, -0.2) is 4.98 Å². The highest BCUT2D eigenvalue weighted by atomic mass is 79.9. The number of carbonyl (C=O) groups is 1. The van der Waals surface area contributed by atoms with Crippen LogP contribution in [-0.2, 0) is 4.74 Å². The second-order valence-corrected chi connectivity index (χ2v) is 9.61. The number of fused-ring (bicyclic) bond motifs is 1. The van der Waals surface area contributed by atoms with Crippen LogP contribution in [0.25, 0.3) is 22.4 Å². The third kappa shape index (κ3) is 5.24. The molecule has 7 nitrogen and oxygen atoms in total. The summed E-state index contributed by atoms with van der Waals surface area (Å²) in [6, 6.07) is 17.2. The lowest BCUT2D eigenvalue weighted by molar-refractivity contribution is 0.0984. The van der Waals surface area contributed by atoms with Gasteiger partial charge in [0.25, 0.3) is 5.91 Å². The van der Waals surface area contributed by atoms with Crippen molar-refractivity contribution in [3.05, 3.63) is 75.8 Å². The maximum absolute atomic E-state index is 12.0. The SMILES string of the molecule is COCCC(Oc1ccccc1C(N)=O)c1cc(OC)c2[nH]c(-c3ccc(C(C)C)cc3)nc2c1Br. The smallest absolute Gasteiger partial charge is 0.252 e. The lowest BCUT2D eigenvalue weighted by atomic mass is 10.0. The summed E-state index contributed by atoms with van der Waals surface area (Å²) in [5.74, 6) is 1.68. The Hall–Kier alpha value is -3.36. The molecule has 0 spiro atoms. The molecule has 3 N–H and O–H groups in total. The number of nitrogens with two attached hydrogens (primary N) is 1. The highest BCUT2D eigenvalue weighted by Crippen LogP contribution is 2.40. The molecule has 1 heterocycles. The average Bonchev–Trinajstić information content (AvgIpc) is 3.33. The minimum Gasteiger partial charge on any atom is -0.494 e. The molecule has 0 radical (unpaired) electrons. The van der Waals surface area contributed by atoms with Crippen LogP contribution in [0.3, 0.4) is 0 Å². The molecule has 0 bridgehead atoms. The van der Waals surface area contributed by atoms with Gasteiger partial charge in [0, 0.05) is 24.7 Å². The molecule has 0 aliphatic rings. The second kappa shape index (κ2) is 11.1. The predicted octanol–water partition coefficient (Wildman–Crippen LogP) is 6.38. The molecule has 0 saturated carbocycles. The van der Waals surface area contributed by atoms with E-state index in [1.807, 2.05) is 6.07 Å². The predicted molar refractivity (Wildman–Crippen MR) is 145 cm³/mol. The zero-order valence-corrected chi connectivity index (χ0v) is 22.4. The van der Waals surface area contributed by atoms with Crippen molar-refractivity contribution in [3.63, 3.8) is 0 Å². The van der Waals surface area contributed by atoms with Crippen molar-refractivity contribution in [2.75, 3.05) is 20.8 Å². The van der Waals surface area contributed by atoms with E-state index < -0.39 is 12.0 Å². The van der Waals surface area contributed by atoms with Crippen LogP contribution in [0.5, 0.6) is 11.5 Å². The molecule has 4 rings (SSSR count). The van der Waals surface area contributed by atoms with E-state index in [1.165, 1.54) is 5.56 Å². The molecule has 1 aromatic heterocycles. The number of carbonyl (C=O) groups excluding carboxylic acids is 1. The number of rotatable bonds is 10. The molecule has 0 aliphatic carbocycles. The highest BCUT2D eigenvalue weighted by molar-refractivity contribution is 9.10. The van der Waals surface area contributed by atoms with Crippen LogP contribution >= 0.6 is 15.9 Å². The Morgan fingerprint density at radius 1 is 1.08 bits per heavy atom. The minimum absolute atomic E-state index is 0.316. The van der Waals surface area contributed by atoms with Crippen LogP contribution in [0, 0.1) is 0 Å². The summed E-state index contributed by atoms with van der Waals surface area (Å²) in [5, 5.41) is 0. The molecule has 8 heteroatoms. The van der Waals surface area contributed by atoms with Gasteiger partial charge in [-0.1, -0.05) is 50.2 Å². The fraction of sp³-hybridized carbons (Fsp3) is 0.286. The number of para-hydroxylation sites is 1. The number of methoxy groups -OCH3 is 2. The Morgan fingerprint density at radius 2 is 1.81 bits per heavy atom. The van der Waals surface area contributed by atoms with Gasteiger partial charge in [-0.2, -0.15) is 0 Å². The van der Waals surface area contributed by atoms with E-state index in [4.69, 9.17) is 24.9 Å². The number of hydrogen-bond acceptors (Lipinski definition) is 5. The van der Waals surface area contributed by atoms with Crippen molar-refractivity contribution < 1.29 is 19.0 Å². The zero-order valence-electron chi connectivity index (χ0n) is 20.8. The van der Waals surface area contributed by atoms with Crippen molar-refractivity contribution in [1.29, 1.82) is 0 Å². The van der Waals surface area contributed by atoms with E-state index in [0.29, 0.717) is 36.0 Å². The van der Waals surface area contributed by atoms with Gasteiger partial charge < -0.3 is 24.9 Å². The number of nitrogens with zero attached hydrogens (tertiary/aromatic N) is 1. The lowest BCUT2D eigenvalue weighted by Gasteiger charge is -2.22. The van der Waals surface area contributed by atoms with Crippen molar-refractivity contribution >= 4 is 32.9 Å². The fourth-order valence-electron chi connectivity index (χ4n) is 4.11. The van der Waals surface area contributed by atoms with Crippen molar-refractivity contribution in [1.82, 2.24) is 9.97 Å². The van der Waals surface area contributed by atoms with E-state index in [9.17, 15) is 4.79 Å². The summed E-state index contributed by atoms with van der Waals surface area (Å²) >= 11 is 3.76. The van der Waals surface area contributed by atoms with Gasteiger partial charge in [0.15, 0.2) is 0 Å². The Bertz CT molecular complexity index is 1370. The molecule has 0 saturated heterocycles. The summed E-state index contributed by atoms with van der Waals surface area (Å²) in [4.78, 5) is 20.3. The minimum atomic E-state index is -0.552. The van der Waals surface area contributed by atoms with Gasteiger partial charge >= 0.3 is 0 Å². The molecular formula is C28H30BrN3O4. The average molecular weight is 552 g/mol. The maximum Gasteiger partial charge on any atom is 0.252 e. The van der Waals surface area contributed by atoms with Gasteiger partial charge in [-0.15, -0.1) is 0 Å². The van der Waals surface area contributed by atoms with Gasteiger partial charge in [0.1, 0.15) is 34.5 Å². The number of ether oxygens (including phenoxy) is 3. The van der Waals surface area contributed by atoms with Crippen LogP contribution in [0.1, 0.15) is 53.8 Å².